The van der Waals surface area contributed by atoms with Crippen molar-refractivity contribution in [3.63, 3.8) is 0 Å². The maximum Gasteiger partial charge on any atom is 0.0973 e. The first-order valence-electron chi connectivity index (χ1n) is 2.65. The summed E-state index contributed by atoms with van der Waals surface area (Å²) in [6, 6.07) is -0.106. The largest absolute Gasteiger partial charge is 0.326 e. The fourth-order valence-corrected chi connectivity index (χ4v) is 0.454. The maximum absolute atomic E-state index is 9.89. The molecule has 0 bridgehead atoms. The summed E-state index contributed by atoms with van der Waals surface area (Å²) in [5.41, 5.74) is 5.27. The van der Waals surface area contributed by atoms with E-state index in [0.717, 1.165) is 12.8 Å². The first kappa shape index (κ1) is 6.92. The molecule has 0 fully saturated rings. The van der Waals surface area contributed by atoms with Crippen LogP contribution >= 0.6 is 0 Å². The predicted molar refractivity (Wildman–Crippen MR) is 28.4 cm³/mol. The van der Waals surface area contributed by atoms with Gasteiger partial charge in [-0.05, 0) is 6.42 Å². The topological polar surface area (TPSA) is 45.9 Å². The zero-order chi connectivity index (χ0) is 5.70. The highest BCUT2D eigenvalue weighted by Gasteiger charge is 1.95. The van der Waals surface area contributed by atoms with Crippen molar-refractivity contribution in [1.82, 2.24) is 0 Å². The minimum absolute atomic E-state index is 0.106. The van der Waals surface area contributed by atoms with Gasteiger partial charge in [0.1, 0.15) is 0 Å². The number of nitrogens with two attached hydrogens (primary N) is 1. The Bertz CT molecular complexity index is 39.1. The molecule has 1 unspecified atom stereocenters. The molecule has 7 heavy (non-hydrogen) atoms. The lowest BCUT2D eigenvalue weighted by Gasteiger charge is -2.00. The van der Waals surface area contributed by atoms with E-state index in [0.29, 0.717) is 0 Å². The van der Waals surface area contributed by atoms with Gasteiger partial charge < -0.3 is 5.73 Å². The molecule has 0 amide bonds. The Morgan fingerprint density at radius 2 is 2.29 bits per heavy atom. The van der Waals surface area contributed by atoms with Crippen molar-refractivity contribution >= 4 is 0 Å². The standard InChI is InChI=1S/C5H12NO/c1-2-3-5(6)4-7/h5H,2-4,6H2,1H3. The van der Waals surface area contributed by atoms with Crippen LogP contribution in [0.25, 0.3) is 0 Å². The molecule has 0 rings (SSSR count). The van der Waals surface area contributed by atoms with Crippen LogP contribution in [0.4, 0.5) is 0 Å². The van der Waals surface area contributed by atoms with Gasteiger partial charge in [0, 0.05) is 6.04 Å². The fourth-order valence-electron chi connectivity index (χ4n) is 0.454. The van der Waals surface area contributed by atoms with Gasteiger partial charge in [-0.15, -0.1) is 0 Å². The van der Waals surface area contributed by atoms with Gasteiger partial charge in [-0.25, -0.2) is 5.11 Å². The van der Waals surface area contributed by atoms with Crippen LogP contribution in [0.3, 0.4) is 0 Å². The normalized spacial score (nSPS) is 14.1. The molecule has 0 aromatic heterocycles. The Balaban J connectivity index is 2.83. The second-order valence-corrected chi connectivity index (χ2v) is 1.72. The van der Waals surface area contributed by atoms with E-state index in [1.807, 2.05) is 6.92 Å². The Morgan fingerprint density at radius 1 is 1.71 bits per heavy atom. The summed E-state index contributed by atoms with van der Waals surface area (Å²) in [5.74, 6) is 0. The summed E-state index contributed by atoms with van der Waals surface area (Å²) < 4.78 is 0. The zero-order valence-electron chi connectivity index (χ0n) is 4.68. The van der Waals surface area contributed by atoms with Crippen LogP contribution in [0, 0.1) is 0 Å². The molecule has 43 valence electrons. The average Bonchev–Trinajstić information content (AvgIpc) is 1.68. The molecule has 0 aliphatic carbocycles. The number of hydrogen-bond donors (Lipinski definition) is 1. The Labute approximate surface area is 44.3 Å². The van der Waals surface area contributed by atoms with E-state index in [9.17, 15) is 5.11 Å². The molecule has 0 saturated heterocycles. The molecular formula is C5H12NO. The molecule has 2 N–H and O–H groups in total. The highest BCUT2D eigenvalue weighted by molar-refractivity contribution is 4.54. The van der Waals surface area contributed by atoms with Gasteiger partial charge in [-0.1, -0.05) is 13.3 Å². The molecule has 0 saturated carbocycles. The average molecular weight is 102 g/mol. The maximum atomic E-state index is 9.89. The summed E-state index contributed by atoms with van der Waals surface area (Å²) in [6.45, 7) is 1.89. The van der Waals surface area contributed by atoms with Crippen LogP contribution < -0.4 is 5.73 Å². The third kappa shape index (κ3) is 3.76. The van der Waals surface area contributed by atoms with Gasteiger partial charge in [0.05, 0.1) is 6.61 Å². The highest BCUT2D eigenvalue weighted by Crippen LogP contribution is 1.89. The second-order valence-electron chi connectivity index (χ2n) is 1.72. The molecule has 0 heterocycles. The van der Waals surface area contributed by atoms with Crippen LogP contribution in [0.15, 0.2) is 0 Å². The Morgan fingerprint density at radius 3 is 2.43 bits per heavy atom. The molecule has 2 nitrogen and oxygen atoms in total. The van der Waals surface area contributed by atoms with Crippen molar-refractivity contribution in [1.29, 1.82) is 0 Å². The summed E-state index contributed by atoms with van der Waals surface area (Å²) in [5, 5.41) is 9.89. The van der Waals surface area contributed by atoms with Gasteiger partial charge in [-0.3, -0.25) is 0 Å². The van der Waals surface area contributed by atoms with Crippen molar-refractivity contribution in [3.05, 3.63) is 0 Å². The first-order valence-corrected chi connectivity index (χ1v) is 2.65. The Kier molecular flexibility index (Phi) is 4.04. The number of hydrogen-bond acceptors (Lipinski definition) is 1. The lowest BCUT2D eigenvalue weighted by molar-refractivity contribution is 0.169. The van der Waals surface area contributed by atoms with Crippen molar-refractivity contribution in [3.8, 4) is 0 Å². The molecule has 0 aromatic rings. The van der Waals surface area contributed by atoms with Crippen molar-refractivity contribution in [2.45, 2.75) is 25.8 Å². The second kappa shape index (κ2) is 4.09. The molecule has 0 aliphatic heterocycles. The summed E-state index contributed by atoms with van der Waals surface area (Å²) in [7, 11) is 0. The Hall–Kier alpha value is -0.0800. The molecule has 2 heteroatoms. The molecule has 0 aromatic carbocycles. The van der Waals surface area contributed by atoms with Crippen LogP contribution in [0.2, 0.25) is 0 Å². The van der Waals surface area contributed by atoms with Gasteiger partial charge in [0.2, 0.25) is 0 Å². The lowest BCUT2D eigenvalue weighted by atomic mass is 10.2. The van der Waals surface area contributed by atoms with Crippen LogP contribution in [-0.2, 0) is 5.11 Å². The summed E-state index contributed by atoms with van der Waals surface area (Å²) in [4.78, 5) is 0. The van der Waals surface area contributed by atoms with Crippen LogP contribution in [0.1, 0.15) is 19.8 Å². The van der Waals surface area contributed by atoms with E-state index in [2.05, 4.69) is 0 Å². The van der Waals surface area contributed by atoms with Crippen molar-refractivity contribution in [2.24, 2.45) is 5.73 Å². The quantitative estimate of drug-likeness (QED) is 0.555. The fraction of sp³-hybridized carbons (Fsp3) is 1.00. The van der Waals surface area contributed by atoms with Gasteiger partial charge in [0.25, 0.3) is 0 Å². The van der Waals surface area contributed by atoms with Crippen LogP contribution in [-0.4, -0.2) is 12.6 Å². The zero-order valence-corrected chi connectivity index (χ0v) is 4.68. The minimum Gasteiger partial charge on any atom is -0.326 e. The lowest BCUT2D eigenvalue weighted by Crippen LogP contribution is -2.22. The third-order valence-electron chi connectivity index (χ3n) is 0.874. The highest BCUT2D eigenvalue weighted by atomic mass is 16.3. The van der Waals surface area contributed by atoms with Crippen molar-refractivity contribution in [2.75, 3.05) is 6.61 Å². The molecule has 1 atom stereocenters. The molecule has 0 spiro atoms. The van der Waals surface area contributed by atoms with E-state index < -0.39 is 0 Å². The van der Waals surface area contributed by atoms with E-state index in [1.54, 1.807) is 0 Å². The third-order valence-corrected chi connectivity index (χ3v) is 0.874. The first-order chi connectivity index (χ1) is 3.31. The van der Waals surface area contributed by atoms with Gasteiger partial charge in [0.15, 0.2) is 0 Å². The van der Waals surface area contributed by atoms with Crippen LogP contribution in [0.5, 0.6) is 0 Å². The van der Waals surface area contributed by atoms with E-state index >= 15 is 0 Å². The summed E-state index contributed by atoms with van der Waals surface area (Å²) >= 11 is 0. The summed E-state index contributed by atoms with van der Waals surface area (Å²) in [6.07, 6.45) is 1.88. The minimum atomic E-state index is -0.131. The number of rotatable bonds is 3. The molecule has 0 aliphatic rings. The SMILES string of the molecule is CCCC(N)C[O]. The van der Waals surface area contributed by atoms with E-state index in [4.69, 9.17) is 5.73 Å². The van der Waals surface area contributed by atoms with E-state index in [1.165, 1.54) is 0 Å². The van der Waals surface area contributed by atoms with Gasteiger partial charge >= 0.3 is 0 Å². The monoisotopic (exact) mass is 102 g/mol. The van der Waals surface area contributed by atoms with Gasteiger partial charge in [-0.2, -0.15) is 0 Å². The molecular weight excluding hydrogens is 90.1 g/mol. The smallest absolute Gasteiger partial charge is 0.0973 e. The molecule has 1 radical (unpaired) electrons. The van der Waals surface area contributed by atoms with Crippen molar-refractivity contribution < 1.29 is 5.11 Å². The predicted octanol–water partition coefficient (Wildman–Crippen LogP) is 0.544. The van der Waals surface area contributed by atoms with E-state index in [-0.39, 0.29) is 12.6 Å².